The molecule has 1 fully saturated rings. The van der Waals surface area contributed by atoms with Crippen LogP contribution in [-0.4, -0.2) is 18.4 Å². The Bertz CT molecular complexity index is 840. The fourth-order valence-electron chi connectivity index (χ4n) is 3.69. The number of benzene rings is 2. The predicted molar refractivity (Wildman–Crippen MR) is 99.2 cm³/mol. The molecule has 2 aromatic carbocycles. The van der Waals surface area contributed by atoms with E-state index in [2.05, 4.69) is 17.4 Å². The molecule has 0 unspecified atom stereocenters. The summed E-state index contributed by atoms with van der Waals surface area (Å²) in [6, 6.07) is 13.8. The first kappa shape index (κ1) is 15.9. The molecule has 2 aromatic rings. The third-order valence-corrected chi connectivity index (χ3v) is 5.34. The van der Waals surface area contributed by atoms with E-state index < -0.39 is 0 Å². The lowest BCUT2D eigenvalue weighted by Gasteiger charge is -2.26. The van der Waals surface area contributed by atoms with Gasteiger partial charge in [0.15, 0.2) is 0 Å². The first-order valence-corrected chi connectivity index (χ1v) is 8.94. The molecule has 1 saturated carbocycles. The Morgan fingerprint density at radius 1 is 1.12 bits per heavy atom. The van der Waals surface area contributed by atoms with Gasteiger partial charge in [0.05, 0.1) is 0 Å². The molecule has 0 spiro atoms. The lowest BCUT2D eigenvalue weighted by molar-refractivity contribution is -0.116. The number of fused-ring (bicyclic) bond motifs is 1. The van der Waals surface area contributed by atoms with Crippen LogP contribution in [0.25, 0.3) is 0 Å². The molecule has 0 atom stereocenters. The lowest BCUT2D eigenvalue weighted by Crippen LogP contribution is -2.25. The maximum Gasteiger partial charge on any atom is 0.255 e. The van der Waals surface area contributed by atoms with Crippen LogP contribution in [0.15, 0.2) is 42.5 Å². The average Bonchev–Trinajstić information content (AvgIpc) is 2.96. The van der Waals surface area contributed by atoms with Crippen LogP contribution in [0.5, 0.6) is 0 Å². The quantitative estimate of drug-likeness (QED) is 0.918. The molecule has 1 heterocycles. The lowest BCUT2D eigenvalue weighted by atomic mass is 9.80. The summed E-state index contributed by atoms with van der Waals surface area (Å²) < 4.78 is 0. The molecule has 4 heteroatoms. The van der Waals surface area contributed by atoms with E-state index in [4.69, 9.17) is 0 Å². The number of anilines is 2. The van der Waals surface area contributed by atoms with E-state index in [1.165, 1.54) is 24.8 Å². The van der Waals surface area contributed by atoms with Crippen LogP contribution >= 0.6 is 0 Å². The molecule has 0 saturated heterocycles. The number of rotatable bonds is 3. The third-order valence-electron chi connectivity index (χ3n) is 5.34. The summed E-state index contributed by atoms with van der Waals surface area (Å²) >= 11 is 0. The second-order valence-corrected chi connectivity index (χ2v) is 6.97. The summed E-state index contributed by atoms with van der Waals surface area (Å²) in [5, 5.41) is 3.01. The Morgan fingerprint density at radius 2 is 1.96 bits per heavy atom. The summed E-state index contributed by atoms with van der Waals surface area (Å²) in [5.41, 5.74) is 4.79. The van der Waals surface area contributed by atoms with E-state index in [1.54, 1.807) is 17.9 Å². The molecular weight excluding hydrogens is 312 g/mol. The van der Waals surface area contributed by atoms with Crippen LogP contribution in [0.2, 0.25) is 0 Å². The van der Waals surface area contributed by atoms with E-state index >= 15 is 0 Å². The Balaban J connectivity index is 1.51. The topological polar surface area (TPSA) is 49.4 Å². The van der Waals surface area contributed by atoms with Gasteiger partial charge in [-0.05, 0) is 66.6 Å². The molecule has 25 heavy (non-hydrogen) atoms. The SMILES string of the molecule is CC(=O)N1CCc2cc(C(=O)Nc3cccc(C4CCC4)c3)ccc21. The van der Waals surface area contributed by atoms with Crippen LogP contribution in [0.3, 0.4) is 0 Å². The second-order valence-electron chi connectivity index (χ2n) is 6.97. The van der Waals surface area contributed by atoms with Crippen LogP contribution in [0.4, 0.5) is 11.4 Å². The average molecular weight is 334 g/mol. The molecule has 1 aliphatic heterocycles. The first-order chi connectivity index (χ1) is 12.1. The summed E-state index contributed by atoms with van der Waals surface area (Å²) in [6.07, 6.45) is 4.59. The van der Waals surface area contributed by atoms with Crippen molar-refractivity contribution in [2.24, 2.45) is 0 Å². The van der Waals surface area contributed by atoms with E-state index in [9.17, 15) is 9.59 Å². The van der Waals surface area contributed by atoms with Crippen molar-refractivity contribution in [3.8, 4) is 0 Å². The smallest absolute Gasteiger partial charge is 0.255 e. The van der Waals surface area contributed by atoms with Crippen LogP contribution in [0.1, 0.15) is 53.6 Å². The van der Waals surface area contributed by atoms with Gasteiger partial charge >= 0.3 is 0 Å². The zero-order valence-corrected chi connectivity index (χ0v) is 14.4. The van der Waals surface area contributed by atoms with E-state index in [0.29, 0.717) is 18.0 Å². The molecule has 2 aliphatic rings. The maximum absolute atomic E-state index is 12.6. The molecule has 0 aromatic heterocycles. The van der Waals surface area contributed by atoms with Gasteiger partial charge in [-0.25, -0.2) is 0 Å². The van der Waals surface area contributed by atoms with Gasteiger partial charge in [0.1, 0.15) is 0 Å². The van der Waals surface area contributed by atoms with Crippen molar-refractivity contribution in [1.82, 2.24) is 0 Å². The molecule has 4 nitrogen and oxygen atoms in total. The van der Waals surface area contributed by atoms with Crippen molar-refractivity contribution in [2.75, 3.05) is 16.8 Å². The molecule has 1 N–H and O–H groups in total. The van der Waals surface area contributed by atoms with Crippen molar-refractivity contribution in [2.45, 2.75) is 38.5 Å². The maximum atomic E-state index is 12.6. The highest BCUT2D eigenvalue weighted by Crippen LogP contribution is 2.37. The van der Waals surface area contributed by atoms with Crippen molar-refractivity contribution in [1.29, 1.82) is 0 Å². The Hall–Kier alpha value is -2.62. The first-order valence-electron chi connectivity index (χ1n) is 8.94. The van der Waals surface area contributed by atoms with Crippen LogP contribution in [0, 0.1) is 0 Å². The minimum atomic E-state index is -0.102. The van der Waals surface area contributed by atoms with Crippen LogP contribution < -0.4 is 10.2 Å². The molecule has 0 bridgehead atoms. The van der Waals surface area contributed by atoms with Gasteiger partial charge in [0.2, 0.25) is 5.91 Å². The minimum absolute atomic E-state index is 0.0451. The van der Waals surface area contributed by atoms with Gasteiger partial charge in [-0.1, -0.05) is 18.6 Å². The molecule has 128 valence electrons. The second kappa shape index (κ2) is 6.36. The van der Waals surface area contributed by atoms with Crippen molar-refractivity contribution >= 4 is 23.2 Å². The highest BCUT2D eigenvalue weighted by Gasteiger charge is 2.23. The standard InChI is InChI=1S/C21H22N2O2/c1-14(24)23-11-10-17-12-18(8-9-20(17)23)21(25)22-19-7-3-6-16(13-19)15-4-2-5-15/h3,6-9,12-13,15H,2,4-5,10-11H2,1H3,(H,22,25). The number of carbonyl (C=O) groups excluding carboxylic acids is 2. The van der Waals surface area contributed by atoms with Gasteiger partial charge in [0, 0.05) is 30.4 Å². The summed E-state index contributed by atoms with van der Waals surface area (Å²) in [4.78, 5) is 26.0. The van der Waals surface area contributed by atoms with Crippen molar-refractivity contribution in [3.63, 3.8) is 0 Å². The molecule has 2 amide bonds. The Morgan fingerprint density at radius 3 is 2.68 bits per heavy atom. The highest BCUT2D eigenvalue weighted by molar-refractivity contribution is 6.05. The van der Waals surface area contributed by atoms with Crippen molar-refractivity contribution < 1.29 is 9.59 Å². The van der Waals surface area contributed by atoms with Crippen LogP contribution in [-0.2, 0) is 11.2 Å². The Labute approximate surface area is 147 Å². The normalized spacial score (nSPS) is 16.3. The van der Waals surface area contributed by atoms with E-state index in [1.807, 2.05) is 24.3 Å². The monoisotopic (exact) mass is 334 g/mol. The van der Waals surface area contributed by atoms with E-state index in [0.717, 1.165) is 23.4 Å². The predicted octanol–water partition coefficient (Wildman–Crippen LogP) is 4.12. The van der Waals surface area contributed by atoms with Crippen molar-refractivity contribution in [3.05, 3.63) is 59.2 Å². The number of amides is 2. The number of hydrogen-bond donors (Lipinski definition) is 1. The van der Waals surface area contributed by atoms with Gasteiger partial charge in [-0.2, -0.15) is 0 Å². The zero-order valence-electron chi connectivity index (χ0n) is 14.4. The number of hydrogen-bond acceptors (Lipinski definition) is 2. The summed E-state index contributed by atoms with van der Waals surface area (Å²) in [6.45, 7) is 2.27. The minimum Gasteiger partial charge on any atom is -0.322 e. The molecule has 4 rings (SSSR count). The fraction of sp³-hybridized carbons (Fsp3) is 0.333. The number of carbonyl (C=O) groups is 2. The third kappa shape index (κ3) is 3.04. The molecular formula is C21H22N2O2. The molecule has 1 aliphatic carbocycles. The fourth-order valence-corrected chi connectivity index (χ4v) is 3.69. The number of nitrogens with zero attached hydrogens (tertiary/aromatic N) is 1. The van der Waals surface area contributed by atoms with E-state index in [-0.39, 0.29) is 11.8 Å². The molecule has 0 radical (unpaired) electrons. The number of nitrogens with one attached hydrogen (secondary N) is 1. The summed E-state index contributed by atoms with van der Waals surface area (Å²) in [7, 11) is 0. The van der Waals surface area contributed by atoms with Gasteiger partial charge in [-0.3, -0.25) is 9.59 Å². The Kier molecular flexibility index (Phi) is 4.04. The zero-order chi connectivity index (χ0) is 17.4. The summed E-state index contributed by atoms with van der Waals surface area (Å²) in [5.74, 6) is 0.591. The van der Waals surface area contributed by atoms with Gasteiger partial charge in [-0.15, -0.1) is 0 Å². The van der Waals surface area contributed by atoms with Gasteiger partial charge in [0.25, 0.3) is 5.91 Å². The van der Waals surface area contributed by atoms with Gasteiger partial charge < -0.3 is 10.2 Å². The highest BCUT2D eigenvalue weighted by atomic mass is 16.2. The largest absolute Gasteiger partial charge is 0.322 e.